The van der Waals surface area contributed by atoms with E-state index in [0.717, 1.165) is 12.1 Å². The minimum atomic E-state index is -1.94. The number of rotatable bonds is 11. The number of carbonyl (C=O) groups excluding carboxylic acids is 2. The monoisotopic (exact) mass is 566 g/mol. The number of primary amides is 2. The van der Waals surface area contributed by atoms with Gasteiger partial charge in [-0.05, 0) is 30.3 Å². The molecule has 212 valence electrons. The van der Waals surface area contributed by atoms with E-state index in [1.807, 2.05) is 0 Å². The van der Waals surface area contributed by atoms with E-state index in [2.05, 4.69) is 9.98 Å². The van der Waals surface area contributed by atoms with Crippen LogP contribution in [0.4, 0.5) is 5.69 Å². The van der Waals surface area contributed by atoms with E-state index in [-0.39, 0.29) is 28.5 Å². The highest BCUT2D eigenvalue weighted by Crippen LogP contribution is 2.31. The maximum Gasteiger partial charge on any atom is 0.352 e. The third-order valence-corrected chi connectivity index (χ3v) is 5.28. The highest BCUT2D eigenvalue weighted by atomic mass is 16.6. The second-order valence-corrected chi connectivity index (χ2v) is 8.16. The number of amides is 2. The third kappa shape index (κ3) is 6.81. The largest absolute Gasteiger partial charge is 0.481 e. The molecule has 11 N–H and O–H groups in total. The molecule has 18 heteroatoms. The number of carboxylic acid groups (broad SMARTS) is 1. The van der Waals surface area contributed by atoms with Crippen LogP contribution in [0.15, 0.2) is 64.0 Å². The number of nitrogens with zero attached hydrogens (tertiary/aromatic N) is 5. The Morgan fingerprint density at radius 2 is 1.90 bits per heavy atom. The van der Waals surface area contributed by atoms with Crippen molar-refractivity contribution in [2.45, 2.75) is 12.8 Å². The lowest BCUT2D eigenvalue weighted by Crippen LogP contribution is -2.51. The fraction of sp³-hybridized carbons (Fsp3) is 0.130. The van der Waals surface area contributed by atoms with Gasteiger partial charge in [0.25, 0.3) is 18.1 Å². The average Bonchev–Trinajstić information content (AvgIpc) is 2.88. The molecule has 18 nitrogen and oxygen atoms in total. The van der Waals surface area contributed by atoms with Gasteiger partial charge in [0.1, 0.15) is 23.1 Å². The minimum Gasteiger partial charge on any atom is -0.481 e. The van der Waals surface area contributed by atoms with E-state index < -0.39 is 64.4 Å². The summed E-state index contributed by atoms with van der Waals surface area (Å²) in [7, 11) is 0. The van der Waals surface area contributed by atoms with Crippen LogP contribution in [0.25, 0.3) is 0 Å². The molecule has 0 aliphatic carbocycles. The maximum absolute atomic E-state index is 12.3. The summed E-state index contributed by atoms with van der Waals surface area (Å²) in [5, 5.41) is 31.9. The third-order valence-electron chi connectivity index (χ3n) is 5.28. The highest BCUT2D eigenvalue weighted by Gasteiger charge is 2.45. The van der Waals surface area contributed by atoms with Crippen LogP contribution in [-0.2, 0) is 9.59 Å². The van der Waals surface area contributed by atoms with Crippen molar-refractivity contribution >= 4 is 35.1 Å². The first kappa shape index (κ1) is 29.3. The van der Waals surface area contributed by atoms with Crippen molar-refractivity contribution in [1.82, 2.24) is 5.01 Å². The van der Waals surface area contributed by atoms with E-state index in [0.29, 0.717) is 5.01 Å². The summed E-state index contributed by atoms with van der Waals surface area (Å²) >= 11 is 0. The summed E-state index contributed by atoms with van der Waals surface area (Å²) in [6.07, 6.45) is -2.64. The highest BCUT2D eigenvalue weighted by molar-refractivity contribution is 6.12. The van der Waals surface area contributed by atoms with E-state index >= 15 is 0 Å². The number of hydrogen-bond donors (Lipinski definition) is 6. The van der Waals surface area contributed by atoms with Gasteiger partial charge in [0.05, 0.1) is 27.8 Å². The number of carboxylic acids is 1. The van der Waals surface area contributed by atoms with Crippen molar-refractivity contribution in [3.63, 3.8) is 0 Å². The van der Waals surface area contributed by atoms with Gasteiger partial charge in [-0.15, -0.1) is 0 Å². The zero-order valence-corrected chi connectivity index (χ0v) is 20.8. The number of aliphatic carboxylic acids is 1. The van der Waals surface area contributed by atoms with Crippen LogP contribution in [0, 0.1) is 27.4 Å². The number of ether oxygens (including phenoxy) is 2. The second kappa shape index (κ2) is 12.1. The quantitative estimate of drug-likeness (QED) is 0.0622. The van der Waals surface area contributed by atoms with E-state index in [4.69, 9.17) is 38.3 Å². The Labute approximate surface area is 230 Å². The Morgan fingerprint density at radius 3 is 2.46 bits per heavy atom. The summed E-state index contributed by atoms with van der Waals surface area (Å²) < 4.78 is 11.4. The Hall–Kier alpha value is -6.22. The van der Waals surface area contributed by atoms with Crippen LogP contribution in [0.3, 0.4) is 0 Å². The predicted octanol–water partition coefficient (Wildman–Crippen LogP) is -1.04. The van der Waals surface area contributed by atoms with Gasteiger partial charge in [-0.1, -0.05) is 6.07 Å². The number of carbonyl (C=O) groups is 3. The molecular formula is C23H22N10O8. The molecule has 0 saturated heterocycles. The normalized spacial score (nSPS) is 15.2. The number of nitriles is 1. The van der Waals surface area contributed by atoms with Crippen molar-refractivity contribution in [1.29, 1.82) is 5.26 Å². The number of allylic oxidation sites excluding steroid dienone is 1. The Bertz CT molecular complexity index is 1560. The number of guanidine groups is 1. The summed E-state index contributed by atoms with van der Waals surface area (Å²) in [6.45, 7) is 0. The number of hydrogen-bond acceptors (Lipinski definition) is 12. The molecule has 1 aliphatic rings. The zero-order chi connectivity index (χ0) is 30.4. The topological polar surface area (TPSA) is 315 Å². The van der Waals surface area contributed by atoms with Crippen LogP contribution >= 0.6 is 0 Å². The van der Waals surface area contributed by atoms with Gasteiger partial charge >= 0.3 is 11.7 Å². The number of nitro groups is 1. The SMILES string of the molecule is N#Cc1ccc(C(N)=O)c(OC2=C([N+](=O)[O-])C(C(CC(N)=O)C(=O)O)=NC(Oc3cccc(N=C(N)N)c3)N2N)c1. The Morgan fingerprint density at radius 1 is 1.20 bits per heavy atom. The molecule has 0 radical (unpaired) electrons. The predicted molar refractivity (Wildman–Crippen MR) is 139 cm³/mol. The van der Waals surface area contributed by atoms with Crippen molar-refractivity contribution in [3.8, 4) is 17.6 Å². The lowest BCUT2D eigenvalue weighted by atomic mass is 9.96. The van der Waals surface area contributed by atoms with Gasteiger partial charge in [0.2, 0.25) is 5.91 Å². The maximum atomic E-state index is 12.3. The molecule has 2 amide bonds. The summed E-state index contributed by atoms with van der Waals surface area (Å²) in [5.41, 5.74) is 19.4. The lowest BCUT2D eigenvalue weighted by molar-refractivity contribution is -0.420. The van der Waals surface area contributed by atoms with Crippen molar-refractivity contribution in [2.24, 2.45) is 44.7 Å². The van der Waals surface area contributed by atoms with Crippen LogP contribution in [-0.4, -0.2) is 50.8 Å². The molecule has 3 rings (SSSR count). The molecule has 0 saturated carbocycles. The van der Waals surface area contributed by atoms with E-state index in [9.17, 15) is 34.9 Å². The summed E-state index contributed by atoms with van der Waals surface area (Å²) in [4.78, 5) is 54.8. The van der Waals surface area contributed by atoms with Crippen LogP contribution in [0.5, 0.6) is 11.5 Å². The van der Waals surface area contributed by atoms with Gasteiger partial charge in [-0.25, -0.2) is 20.8 Å². The summed E-state index contributed by atoms with van der Waals surface area (Å²) in [5.74, 6) is -1.19. The first-order chi connectivity index (χ1) is 19.3. The smallest absolute Gasteiger partial charge is 0.352 e. The van der Waals surface area contributed by atoms with Crippen LogP contribution in [0.2, 0.25) is 0 Å². The molecule has 2 atom stereocenters. The number of nitrogens with two attached hydrogens (primary N) is 5. The Balaban J connectivity index is 2.24. The number of aliphatic imine (C=N–C) groups is 2. The van der Waals surface area contributed by atoms with E-state index in [1.165, 1.54) is 30.3 Å². The van der Waals surface area contributed by atoms with Crippen molar-refractivity contribution in [2.75, 3.05) is 0 Å². The Kier molecular flexibility index (Phi) is 8.66. The van der Waals surface area contributed by atoms with Crippen LogP contribution in [0.1, 0.15) is 22.3 Å². The first-order valence-electron chi connectivity index (χ1n) is 11.2. The molecule has 2 aromatic carbocycles. The van der Waals surface area contributed by atoms with Crippen LogP contribution < -0.4 is 38.3 Å². The fourth-order valence-electron chi connectivity index (χ4n) is 3.57. The van der Waals surface area contributed by atoms with E-state index in [1.54, 1.807) is 6.07 Å². The zero-order valence-electron chi connectivity index (χ0n) is 20.8. The molecule has 1 aliphatic heterocycles. The molecular weight excluding hydrogens is 544 g/mol. The molecule has 0 fully saturated rings. The minimum absolute atomic E-state index is 0.0195. The molecule has 1 heterocycles. The van der Waals surface area contributed by atoms with Gasteiger partial charge in [-0.3, -0.25) is 24.5 Å². The molecule has 0 spiro atoms. The number of benzene rings is 2. The first-order valence-corrected chi connectivity index (χ1v) is 11.2. The van der Waals surface area contributed by atoms with Gasteiger partial charge < -0.3 is 37.5 Å². The summed E-state index contributed by atoms with van der Waals surface area (Å²) in [6, 6.07) is 11.0. The lowest BCUT2D eigenvalue weighted by Gasteiger charge is -2.32. The second-order valence-electron chi connectivity index (χ2n) is 8.16. The number of hydrazine groups is 1. The average molecular weight is 566 g/mol. The fourth-order valence-corrected chi connectivity index (χ4v) is 3.57. The van der Waals surface area contributed by atoms with Gasteiger partial charge in [0.15, 0.2) is 5.96 Å². The van der Waals surface area contributed by atoms with Gasteiger partial charge in [0, 0.05) is 12.5 Å². The standard InChI is InChI=1S/C23H22N10O8/c24-9-10-4-5-13(19(26)35)15(6-10)41-20-18(33(38)39)17(14(21(36)37)8-16(25)34)31-23(32(20)29)40-12-3-1-2-11(7-12)30-22(27)28/h1-7,14,23H,8,29H2,(H2,25,34)(H2,26,35)(H,36,37)(H4,27,28,30). The van der Waals surface area contributed by atoms with Crippen molar-refractivity contribution < 1.29 is 33.9 Å². The van der Waals surface area contributed by atoms with Gasteiger partial charge in [-0.2, -0.15) is 5.26 Å². The molecule has 0 aromatic heterocycles. The molecule has 0 bridgehead atoms. The molecule has 41 heavy (non-hydrogen) atoms. The molecule has 2 unspecified atom stereocenters. The molecule has 2 aromatic rings. The van der Waals surface area contributed by atoms with Crippen molar-refractivity contribution in [3.05, 3.63) is 75.3 Å².